The van der Waals surface area contributed by atoms with Gasteiger partial charge in [0.2, 0.25) is 0 Å². The van der Waals surface area contributed by atoms with E-state index in [4.69, 9.17) is 4.74 Å². The van der Waals surface area contributed by atoms with Gasteiger partial charge in [0.05, 0.1) is 6.42 Å². The fourth-order valence-corrected chi connectivity index (χ4v) is 3.31. The van der Waals surface area contributed by atoms with Crippen molar-refractivity contribution in [3.63, 3.8) is 0 Å². The van der Waals surface area contributed by atoms with E-state index in [9.17, 15) is 4.79 Å². The highest BCUT2D eigenvalue weighted by molar-refractivity contribution is 5.88. The largest absolute Gasteiger partial charge is 0.426 e. The fourth-order valence-electron chi connectivity index (χ4n) is 3.31. The number of carbonyl (C=O) groups is 1. The van der Waals surface area contributed by atoms with E-state index in [0.717, 1.165) is 16.8 Å². The van der Waals surface area contributed by atoms with Gasteiger partial charge in [-0.25, -0.2) is 0 Å². The lowest BCUT2D eigenvalue weighted by atomic mass is 9.85. The van der Waals surface area contributed by atoms with E-state index in [-0.39, 0.29) is 11.9 Å². The number of benzene rings is 2. The maximum atomic E-state index is 11.9. The molecular weight excluding hydrogens is 262 g/mol. The molecule has 3 aromatic rings. The van der Waals surface area contributed by atoms with Crippen LogP contribution in [0.5, 0.6) is 5.75 Å². The molecule has 1 atom stereocenters. The summed E-state index contributed by atoms with van der Waals surface area (Å²) in [6.45, 7) is 2.07. The van der Waals surface area contributed by atoms with Crippen molar-refractivity contribution >= 4 is 16.9 Å². The van der Waals surface area contributed by atoms with Crippen molar-refractivity contribution < 1.29 is 9.53 Å². The second kappa shape index (κ2) is 4.48. The Morgan fingerprint density at radius 2 is 1.86 bits per heavy atom. The molecule has 0 bridgehead atoms. The number of aromatic nitrogens is 1. The third-order valence-electron chi connectivity index (χ3n) is 4.18. The number of H-pyrrole nitrogens is 1. The van der Waals surface area contributed by atoms with E-state index in [0.29, 0.717) is 12.2 Å². The van der Waals surface area contributed by atoms with Crippen LogP contribution in [0.15, 0.2) is 48.5 Å². The minimum Gasteiger partial charge on any atom is -0.426 e. The number of hydrogen-bond acceptors (Lipinski definition) is 2. The first-order valence-corrected chi connectivity index (χ1v) is 7.11. The van der Waals surface area contributed by atoms with Gasteiger partial charge in [0.25, 0.3) is 0 Å². The van der Waals surface area contributed by atoms with Gasteiger partial charge in [-0.3, -0.25) is 4.79 Å². The van der Waals surface area contributed by atoms with E-state index in [2.05, 4.69) is 24.0 Å². The summed E-state index contributed by atoms with van der Waals surface area (Å²) in [5, 5.41) is 1.18. The summed E-state index contributed by atoms with van der Waals surface area (Å²) >= 11 is 0. The van der Waals surface area contributed by atoms with Crippen LogP contribution in [0.25, 0.3) is 10.9 Å². The third kappa shape index (κ3) is 1.85. The van der Waals surface area contributed by atoms with Gasteiger partial charge in [-0.1, -0.05) is 36.4 Å². The molecule has 2 aromatic carbocycles. The Morgan fingerprint density at radius 1 is 1.10 bits per heavy atom. The highest BCUT2D eigenvalue weighted by Gasteiger charge is 2.30. The van der Waals surface area contributed by atoms with Crippen molar-refractivity contribution in [2.45, 2.75) is 19.3 Å². The van der Waals surface area contributed by atoms with E-state index in [1.807, 2.05) is 36.4 Å². The maximum absolute atomic E-state index is 11.9. The Kier molecular flexibility index (Phi) is 2.61. The first kappa shape index (κ1) is 12.2. The van der Waals surface area contributed by atoms with Crippen LogP contribution in [0.4, 0.5) is 0 Å². The summed E-state index contributed by atoms with van der Waals surface area (Å²) in [5.41, 5.74) is 4.52. The lowest BCUT2D eigenvalue weighted by Crippen LogP contribution is -2.21. The van der Waals surface area contributed by atoms with Crippen LogP contribution >= 0.6 is 0 Å². The predicted molar refractivity (Wildman–Crippen MR) is 81.6 cm³/mol. The van der Waals surface area contributed by atoms with Gasteiger partial charge >= 0.3 is 5.97 Å². The van der Waals surface area contributed by atoms with Gasteiger partial charge in [0.15, 0.2) is 0 Å². The number of nitrogens with one attached hydrogen (secondary N) is 1. The molecule has 1 N–H and O–H groups in total. The highest BCUT2D eigenvalue weighted by Crippen LogP contribution is 2.42. The molecule has 104 valence electrons. The van der Waals surface area contributed by atoms with Gasteiger partial charge in [0.1, 0.15) is 5.75 Å². The Bertz CT molecular complexity index is 847. The van der Waals surface area contributed by atoms with Crippen LogP contribution in [-0.4, -0.2) is 11.0 Å². The molecule has 1 unspecified atom stereocenters. The second-order valence-electron chi connectivity index (χ2n) is 5.48. The zero-order valence-corrected chi connectivity index (χ0v) is 11.7. The number of esters is 1. The van der Waals surface area contributed by atoms with Crippen molar-refractivity contribution in [2.75, 3.05) is 0 Å². The first-order chi connectivity index (χ1) is 10.2. The molecule has 0 amide bonds. The molecule has 1 aromatic heterocycles. The molecule has 1 aliphatic heterocycles. The van der Waals surface area contributed by atoms with Crippen molar-refractivity contribution in [1.29, 1.82) is 0 Å². The Labute approximate surface area is 122 Å². The summed E-state index contributed by atoms with van der Waals surface area (Å²) in [7, 11) is 0. The number of hydrogen-bond donors (Lipinski definition) is 1. The molecular formula is C18H15NO2. The molecule has 0 saturated heterocycles. The molecule has 3 nitrogen and oxygen atoms in total. The van der Waals surface area contributed by atoms with Crippen LogP contribution < -0.4 is 4.74 Å². The summed E-state index contributed by atoms with van der Waals surface area (Å²) in [4.78, 5) is 15.4. The van der Waals surface area contributed by atoms with Crippen molar-refractivity contribution in [2.24, 2.45) is 0 Å². The summed E-state index contributed by atoms with van der Waals surface area (Å²) in [5.74, 6) is 0.574. The molecule has 4 rings (SSSR count). The van der Waals surface area contributed by atoms with Gasteiger partial charge in [-0.2, -0.15) is 0 Å². The third-order valence-corrected chi connectivity index (χ3v) is 4.18. The second-order valence-corrected chi connectivity index (χ2v) is 5.48. The topological polar surface area (TPSA) is 42.1 Å². The molecule has 1 aliphatic rings. The molecule has 3 heteroatoms. The van der Waals surface area contributed by atoms with Gasteiger partial charge in [-0.15, -0.1) is 0 Å². The molecule has 0 spiro atoms. The predicted octanol–water partition coefficient (Wildman–Crippen LogP) is 3.92. The normalized spacial score (nSPS) is 17.6. The summed E-state index contributed by atoms with van der Waals surface area (Å²) in [6.07, 6.45) is 0.389. The summed E-state index contributed by atoms with van der Waals surface area (Å²) < 4.78 is 5.36. The number of aryl methyl sites for hydroxylation is 1. The van der Waals surface area contributed by atoms with E-state index >= 15 is 0 Å². The number of para-hydroxylation sites is 2. The zero-order valence-electron chi connectivity index (χ0n) is 11.7. The van der Waals surface area contributed by atoms with E-state index in [1.54, 1.807) is 0 Å². The van der Waals surface area contributed by atoms with Crippen LogP contribution in [-0.2, 0) is 4.79 Å². The van der Waals surface area contributed by atoms with Crippen molar-refractivity contribution in [1.82, 2.24) is 4.98 Å². The van der Waals surface area contributed by atoms with Crippen LogP contribution in [0, 0.1) is 6.92 Å². The standard InChI is InChI=1S/C18H15NO2/c1-11-18(13-7-2-4-8-15(13)19-11)14-10-17(20)21-16-9-5-3-6-12(14)16/h2-9,14,19H,10H2,1H3. The lowest BCUT2D eigenvalue weighted by molar-refractivity contribution is -0.135. The number of aromatic amines is 1. The van der Waals surface area contributed by atoms with Gasteiger partial charge in [0, 0.05) is 28.1 Å². The number of ether oxygens (including phenoxy) is 1. The Balaban J connectivity index is 1.97. The van der Waals surface area contributed by atoms with E-state index < -0.39 is 0 Å². The molecule has 2 heterocycles. The van der Waals surface area contributed by atoms with E-state index in [1.165, 1.54) is 10.9 Å². The fraction of sp³-hybridized carbons (Fsp3) is 0.167. The van der Waals surface area contributed by atoms with Gasteiger partial charge < -0.3 is 9.72 Å². The van der Waals surface area contributed by atoms with Crippen LogP contribution in [0.1, 0.15) is 29.2 Å². The lowest BCUT2D eigenvalue weighted by Gasteiger charge is -2.25. The first-order valence-electron chi connectivity index (χ1n) is 7.11. The maximum Gasteiger partial charge on any atom is 0.312 e. The zero-order chi connectivity index (χ0) is 14.4. The molecule has 0 saturated carbocycles. The minimum atomic E-state index is -0.164. The SMILES string of the molecule is Cc1[nH]c2ccccc2c1C1CC(=O)Oc2ccccc21. The number of fused-ring (bicyclic) bond motifs is 2. The molecule has 21 heavy (non-hydrogen) atoms. The number of carbonyl (C=O) groups excluding carboxylic acids is 1. The smallest absolute Gasteiger partial charge is 0.312 e. The molecule has 0 fully saturated rings. The quantitative estimate of drug-likeness (QED) is 0.541. The summed E-state index contributed by atoms with van der Waals surface area (Å²) in [6, 6.07) is 16.0. The number of rotatable bonds is 1. The molecule has 0 aliphatic carbocycles. The van der Waals surface area contributed by atoms with Crippen molar-refractivity contribution in [3.05, 3.63) is 65.4 Å². The van der Waals surface area contributed by atoms with Crippen LogP contribution in [0.3, 0.4) is 0 Å². The Morgan fingerprint density at radius 3 is 2.76 bits per heavy atom. The molecule has 0 radical (unpaired) electrons. The highest BCUT2D eigenvalue weighted by atomic mass is 16.5. The van der Waals surface area contributed by atoms with Gasteiger partial charge in [-0.05, 0) is 24.6 Å². The Hall–Kier alpha value is -2.55. The van der Waals surface area contributed by atoms with Crippen LogP contribution in [0.2, 0.25) is 0 Å². The minimum absolute atomic E-state index is 0.0543. The monoisotopic (exact) mass is 277 g/mol. The average molecular weight is 277 g/mol. The average Bonchev–Trinajstić information content (AvgIpc) is 2.82. The van der Waals surface area contributed by atoms with Crippen molar-refractivity contribution in [3.8, 4) is 5.75 Å².